The van der Waals surface area contributed by atoms with Crippen LogP contribution in [0.3, 0.4) is 0 Å². The minimum atomic E-state index is -0.840. The summed E-state index contributed by atoms with van der Waals surface area (Å²) in [6, 6.07) is 46.7. The average Bonchev–Trinajstić information content (AvgIpc) is 1.07. The van der Waals surface area contributed by atoms with E-state index in [0.717, 1.165) is 71.3 Å². The molecule has 0 fully saturated rings. The molecule has 0 amide bonds. The summed E-state index contributed by atoms with van der Waals surface area (Å²) < 4.78 is 146. The summed E-state index contributed by atoms with van der Waals surface area (Å²) in [5.74, 6) is 0. The Morgan fingerprint density at radius 1 is 0.352 bits per heavy atom. The molecule has 0 unspecified atom stereocenters. The van der Waals surface area contributed by atoms with Crippen molar-refractivity contribution in [1.82, 2.24) is 4.57 Å². The lowest BCUT2D eigenvalue weighted by molar-refractivity contribution is 0.672. The average molecular weight is 920 g/mol. The first-order chi connectivity index (χ1) is 41.5. The van der Waals surface area contributed by atoms with Gasteiger partial charge in [-0.25, -0.2) is 0 Å². The van der Waals surface area contributed by atoms with Gasteiger partial charge in [-0.3, -0.25) is 0 Å². The number of hydrogen-bond donors (Lipinski definition) is 0. The highest BCUT2D eigenvalue weighted by molar-refractivity contribution is 6.16. The molecule has 14 rings (SSSR count). The van der Waals surface area contributed by atoms with Gasteiger partial charge in [-0.05, 0) is 128 Å². The maximum Gasteiger partial charge on any atom is 0.143 e. The Morgan fingerprint density at radius 2 is 1.01 bits per heavy atom. The molecule has 0 saturated heterocycles. The molecule has 0 atom stereocenters. The summed E-state index contributed by atoms with van der Waals surface area (Å²) in [5, 5.41) is 5.10. The molecule has 0 saturated carbocycles. The van der Waals surface area contributed by atoms with E-state index in [4.69, 9.17) is 14.0 Å². The van der Waals surface area contributed by atoms with Crippen LogP contribution in [0.25, 0.3) is 115 Å². The summed E-state index contributed by atoms with van der Waals surface area (Å²) in [6.07, 6.45) is 0. The van der Waals surface area contributed by atoms with Crippen molar-refractivity contribution < 1.29 is 25.0 Å². The van der Waals surface area contributed by atoms with Crippen molar-refractivity contribution in [3.63, 3.8) is 0 Å². The Labute approximate surface area is 432 Å². The van der Waals surface area contributed by atoms with Gasteiger partial charge in [0.1, 0.15) is 11.2 Å². The highest BCUT2D eigenvalue weighted by atomic mass is 16.3. The molecule has 0 aliphatic heterocycles. The Morgan fingerprint density at radius 3 is 1.82 bits per heavy atom. The number of furan rings is 1. The highest BCUT2D eigenvalue weighted by Crippen LogP contribution is 2.44. The zero-order chi connectivity index (χ0) is 59.9. The lowest BCUT2D eigenvalue weighted by atomic mass is 9.96. The second-order valence-corrected chi connectivity index (χ2v) is 17.3. The fourth-order valence-corrected chi connectivity index (χ4v) is 9.91. The van der Waals surface area contributed by atoms with Gasteiger partial charge < -0.3 is 13.9 Å². The van der Waals surface area contributed by atoms with Gasteiger partial charge in [0.25, 0.3) is 0 Å². The second kappa shape index (κ2) is 16.7. The normalized spacial score (nSPS) is 14.6. The van der Waals surface area contributed by atoms with Crippen molar-refractivity contribution in [2.24, 2.45) is 0 Å². The van der Waals surface area contributed by atoms with Gasteiger partial charge in [-0.15, -0.1) is 0 Å². The van der Waals surface area contributed by atoms with Crippen LogP contribution in [0.1, 0.15) is 20.6 Å². The summed E-state index contributed by atoms with van der Waals surface area (Å²) in [5.41, 5.74) is 6.06. The van der Waals surface area contributed by atoms with E-state index in [0.29, 0.717) is 22.5 Å². The van der Waals surface area contributed by atoms with Gasteiger partial charge in [-0.1, -0.05) is 194 Å². The molecule has 0 N–H and O–H groups in total. The molecule has 0 radical (unpaired) electrons. The molecule has 12 aromatic carbocycles. The van der Waals surface area contributed by atoms with Crippen molar-refractivity contribution in [2.75, 3.05) is 4.90 Å². The van der Waals surface area contributed by atoms with Crippen molar-refractivity contribution in [3.05, 3.63) is 267 Å². The van der Waals surface area contributed by atoms with Crippen molar-refractivity contribution in [3.8, 4) is 50.2 Å². The van der Waals surface area contributed by atoms with Crippen LogP contribution in [0, 0.1) is 0 Å². The van der Waals surface area contributed by atoms with Crippen LogP contribution in [0.4, 0.5) is 17.1 Å². The number of rotatable bonds is 8. The molecule has 3 nitrogen and oxygen atoms in total. The zero-order valence-corrected chi connectivity index (χ0v) is 37.5. The number of nitrogens with zero attached hydrogens (tertiary/aromatic N) is 2. The molecule has 332 valence electrons. The number of anilines is 3. The third kappa shape index (κ3) is 6.89. The first kappa shape index (κ1) is 28.1. The third-order valence-corrected chi connectivity index (χ3v) is 13.2. The van der Waals surface area contributed by atoms with Gasteiger partial charge in [0.2, 0.25) is 0 Å². The topological polar surface area (TPSA) is 21.3 Å². The van der Waals surface area contributed by atoms with E-state index in [1.807, 2.05) is 133 Å². The smallest absolute Gasteiger partial charge is 0.143 e. The number of fused-ring (bicyclic) bond motifs is 9. The maximum absolute atomic E-state index is 9.92. The summed E-state index contributed by atoms with van der Waals surface area (Å²) in [6.45, 7) is 0. The molecule has 3 heteroatoms. The quantitative estimate of drug-likeness (QED) is 0.151. The molecular formula is C68H44N2O. The summed E-state index contributed by atoms with van der Waals surface area (Å²) in [7, 11) is 0. The zero-order valence-electron chi connectivity index (χ0n) is 52.5. The van der Waals surface area contributed by atoms with Crippen LogP contribution in [-0.4, -0.2) is 4.57 Å². The van der Waals surface area contributed by atoms with Crippen LogP contribution in [0.5, 0.6) is 0 Å². The molecule has 14 aromatic rings. The van der Waals surface area contributed by atoms with E-state index in [1.54, 1.807) is 4.90 Å². The first-order valence-corrected chi connectivity index (χ1v) is 23.1. The standard InChI is InChI=1S/C68H44N2O/c1-3-18-56-48(13-1)15-12-23-57(56)50-29-27-45(28-30-50)46-31-37-53(38-32-46)69(64-24-8-5-19-58(64)52-36-42-67-63(44-52)62-41-35-49-14-2-4-20-59(49)68(62)71-67)54-39-33-47(34-40-54)51-16-11-17-55(43-51)70-65-25-9-6-21-60(65)61-22-7-10-26-66(61)70/h1-44H/i1D,3D,12D,13D,15D,18D,23D,27D,28D,29D,30D,31D,32D,37D,38D. The summed E-state index contributed by atoms with van der Waals surface area (Å²) in [4.78, 5) is 1.65. The van der Waals surface area contributed by atoms with Crippen molar-refractivity contribution in [2.45, 2.75) is 0 Å². The van der Waals surface area contributed by atoms with Crippen LogP contribution >= 0.6 is 0 Å². The number of hydrogen-bond acceptors (Lipinski definition) is 2. The predicted molar refractivity (Wildman–Crippen MR) is 299 cm³/mol. The Bertz CT molecular complexity index is 5150. The number of aromatic nitrogens is 1. The molecular weight excluding hydrogens is 861 g/mol. The minimum absolute atomic E-state index is 0.191. The Kier molecular flexibility index (Phi) is 6.60. The van der Waals surface area contributed by atoms with E-state index in [1.165, 1.54) is 0 Å². The molecule has 0 bridgehead atoms. The lowest BCUT2D eigenvalue weighted by Gasteiger charge is -2.28. The maximum atomic E-state index is 9.92. The monoisotopic (exact) mass is 919 g/mol. The summed E-state index contributed by atoms with van der Waals surface area (Å²) >= 11 is 0. The van der Waals surface area contributed by atoms with Crippen molar-refractivity contribution in [1.29, 1.82) is 0 Å². The SMILES string of the molecule is [2H]c1c([2H])c(-c2c([2H])c([2H])c([2H])c3c([2H])c([2H])c([2H])c([2H])c23)c([2H])c([2H])c1-c1c([2H])c([2H])c(N(c2ccc(-c3cccc(-n4c5ccccc5c5ccccc54)c3)cc2)c2ccccc2-c2ccc3oc4c5ccccc5ccc4c3c2)c([2H])c1[2H]. The van der Waals surface area contributed by atoms with E-state index in [9.17, 15) is 11.0 Å². The Balaban J connectivity index is 0.952. The van der Waals surface area contributed by atoms with E-state index in [2.05, 4.69) is 47.0 Å². The minimum Gasteiger partial charge on any atom is -0.455 e. The fraction of sp³-hybridized carbons (Fsp3) is 0. The molecule has 2 aromatic heterocycles. The molecule has 0 aliphatic rings. The second-order valence-electron chi connectivity index (χ2n) is 17.3. The molecule has 71 heavy (non-hydrogen) atoms. The largest absolute Gasteiger partial charge is 0.455 e. The van der Waals surface area contributed by atoms with Gasteiger partial charge in [0.15, 0.2) is 0 Å². The lowest BCUT2D eigenvalue weighted by Crippen LogP contribution is -2.11. The number of para-hydroxylation sites is 3. The van der Waals surface area contributed by atoms with E-state index >= 15 is 0 Å². The molecule has 0 aliphatic carbocycles. The van der Waals surface area contributed by atoms with Crippen LogP contribution in [0.2, 0.25) is 0 Å². The van der Waals surface area contributed by atoms with Crippen LogP contribution in [-0.2, 0) is 0 Å². The fourth-order valence-electron chi connectivity index (χ4n) is 9.91. The van der Waals surface area contributed by atoms with Crippen LogP contribution < -0.4 is 4.90 Å². The van der Waals surface area contributed by atoms with Crippen molar-refractivity contribution >= 4 is 82.4 Å². The molecule has 0 spiro atoms. The Hall–Kier alpha value is -9.44. The first-order valence-electron chi connectivity index (χ1n) is 30.6. The van der Waals surface area contributed by atoms with Gasteiger partial charge >= 0.3 is 0 Å². The number of benzene rings is 12. The van der Waals surface area contributed by atoms with E-state index in [-0.39, 0.29) is 5.69 Å². The third-order valence-electron chi connectivity index (χ3n) is 13.2. The van der Waals surface area contributed by atoms with Gasteiger partial charge in [0, 0.05) is 49.6 Å². The van der Waals surface area contributed by atoms with Gasteiger partial charge in [0.05, 0.1) is 37.3 Å². The highest BCUT2D eigenvalue weighted by Gasteiger charge is 2.20. The predicted octanol–water partition coefficient (Wildman–Crippen LogP) is 19.1. The van der Waals surface area contributed by atoms with Crippen LogP contribution in [0.15, 0.2) is 271 Å². The van der Waals surface area contributed by atoms with Gasteiger partial charge in [-0.2, -0.15) is 0 Å². The van der Waals surface area contributed by atoms with E-state index < -0.39 is 124 Å². The molecule has 2 heterocycles.